The van der Waals surface area contributed by atoms with Crippen LogP contribution in [0.1, 0.15) is 38.2 Å². The minimum Gasteiger partial charge on any atom is -0.478 e. The van der Waals surface area contributed by atoms with Crippen molar-refractivity contribution in [3.8, 4) is 0 Å². The van der Waals surface area contributed by atoms with Crippen LogP contribution in [0, 0.1) is 0 Å². The number of rotatable bonds is 5. The number of aromatic nitrogens is 1. The molecule has 1 aromatic heterocycles. The highest BCUT2D eigenvalue weighted by Gasteiger charge is 2.18. The van der Waals surface area contributed by atoms with Crippen LogP contribution < -0.4 is 4.87 Å². The molecule has 6 nitrogen and oxygen atoms in total. The smallest absolute Gasteiger partial charge is 0.347 e. The molecule has 0 bridgehead atoms. The molecule has 0 fully saturated rings. The Kier molecular flexibility index (Phi) is 4.23. The second-order valence-electron chi connectivity index (χ2n) is 4.39. The van der Waals surface area contributed by atoms with Gasteiger partial charge >= 0.3 is 16.8 Å². The van der Waals surface area contributed by atoms with E-state index in [2.05, 4.69) is 0 Å². The molecule has 1 heterocycles. The molecule has 2 N–H and O–H groups in total. The Labute approximate surface area is 123 Å². The standard InChI is InChI=1S/C14H13NO5S/c1-2-10-11(13(18)19)21-14(20)15(10)7-8-3-5-9(6-4-8)12(16)17/h3-6H,2,7H2,1H3,(H,16,17)(H,18,19). The molecule has 0 radical (unpaired) electrons. The summed E-state index contributed by atoms with van der Waals surface area (Å²) >= 11 is 0.715. The van der Waals surface area contributed by atoms with Crippen molar-refractivity contribution < 1.29 is 19.8 Å². The molecule has 0 saturated heterocycles. The molecule has 7 heteroatoms. The van der Waals surface area contributed by atoms with Crippen LogP contribution in [-0.2, 0) is 13.0 Å². The SMILES string of the molecule is CCc1c(C(=O)O)sc(=O)n1Cc1ccc(C(=O)O)cc1. The number of benzene rings is 1. The minimum absolute atomic E-state index is 0.0599. The van der Waals surface area contributed by atoms with Crippen LogP contribution in [0.25, 0.3) is 0 Å². The number of nitrogens with zero attached hydrogens (tertiary/aromatic N) is 1. The van der Waals surface area contributed by atoms with Gasteiger partial charge in [-0.15, -0.1) is 0 Å². The summed E-state index contributed by atoms with van der Waals surface area (Å²) in [6, 6.07) is 6.15. The van der Waals surface area contributed by atoms with Gasteiger partial charge < -0.3 is 10.2 Å². The number of thiazole rings is 1. The maximum Gasteiger partial charge on any atom is 0.347 e. The van der Waals surface area contributed by atoms with Crippen molar-refractivity contribution in [1.29, 1.82) is 0 Å². The lowest BCUT2D eigenvalue weighted by atomic mass is 10.1. The Morgan fingerprint density at radius 1 is 1.14 bits per heavy atom. The van der Waals surface area contributed by atoms with E-state index >= 15 is 0 Å². The second-order valence-corrected chi connectivity index (χ2v) is 5.35. The molecular formula is C14H13NO5S. The molecule has 0 unspecified atom stereocenters. The van der Waals surface area contributed by atoms with Crippen molar-refractivity contribution in [2.45, 2.75) is 19.9 Å². The van der Waals surface area contributed by atoms with Crippen molar-refractivity contribution in [2.24, 2.45) is 0 Å². The number of hydrogen-bond acceptors (Lipinski definition) is 4. The van der Waals surface area contributed by atoms with E-state index in [1.807, 2.05) is 0 Å². The second kappa shape index (κ2) is 5.92. The zero-order chi connectivity index (χ0) is 15.6. The lowest BCUT2D eigenvalue weighted by Gasteiger charge is -2.07. The molecule has 0 aliphatic heterocycles. The minimum atomic E-state index is -1.10. The Balaban J connectivity index is 2.37. The van der Waals surface area contributed by atoms with Crippen LogP contribution in [0.3, 0.4) is 0 Å². The first kappa shape index (κ1) is 15.0. The van der Waals surface area contributed by atoms with Crippen LogP contribution in [0.15, 0.2) is 29.1 Å². The van der Waals surface area contributed by atoms with Crippen LogP contribution >= 0.6 is 11.3 Å². The van der Waals surface area contributed by atoms with Crippen molar-refractivity contribution in [2.75, 3.05) is 0 Å². The first-order chi connectivity index (χ1) is 9.93. The summed E-state index contributed by atoms with van der Waals surface area (Å²) in [4.78, 5) is 33.6. The highest BCUT2D eigenvalue weighted by molar-refractivity contribution is 7.11. The van der Waals surface area contributed by atoms with E-state index in [-0.39, 0.29) is 21.9 Å². The van der Waals surface area contributed by atoms with Crippen molar-refractivity contribution in [3.63, 3.8) is 0 Å². The zero-order valence-electron chi connectivity index (χ0n) is 11.2. The van der Waals surface area contributed by atoms with E-state index in [1.54, 1.807) is 19.1 Å². The fraction of sp³-hybridized carbons (Fsp3) is 0.214. The number of carboxylic acid groups (broad SMARTS) is 2. The summed E-state index contributed by atoms with van der Waals surface area (Å²) < 4.78 is 1.42. The maximum absolute atomic E-state index is 11.9. The average molecular weight is 307 g/mol. The van der Waals surface area contributed by atoms with Gasteiger partial charge in [-0.3, -0.25) is 9.36 Å². The van der Waals surface area contributed by atoms with Gasteiger partial charge in [0.1, 0.15) is 4.88 Å². The molecule has 2 aromatic rings. The summed E-state index contributed by atoms with van der Waals surface area (Å²) in [6.07, 6.45) is 0.438. The fourth-order valence-corrected chi connectivity index (χ4v) is 2.97. The molecule has 0 aliphatic rings. The molecule has 0 saturated carbocycles. The lowest BCUT2D eigenvalue weighted by molar-refractivity contribution is 0.0687. The van der Waals surface area contributed by atoms with Crippen LogP contribution in [-0.4, -0.2) is 26.7 Å². The largest absolute Gasteiger partial charge is 0.478 e. The molecular weight excluding hydrogens is 294 g/mol. The fourth-order valence-electron chi connectivity index (χ4n) is 2.05. The van der Waals surface area contributed by atoms with Crippen molar-refractivity contribution in [3.05, 3.63) is 55.6 Å². The highest BCUT2D eigenvalue weighted by Crippen LogP contribution is 2.16. The van der Waals surface area contributed by atoms with Crippen LogP contribution in [0.4, 0.5) is 0 Å². The third kappa shape index (κ3) is 3.03. The van der Waals surface area contributed by atoms with Gasteiger partial charge in [-0.05, 0) is 24.1 Å². The van der Waals surface area contributed by atoms with E-state index in [0.717, 1.165) is 5.56 Å². The molecule has 0 atom stereocenters. The highest BCUT2D eigenvalue weighted by atomic mass is 32.1. The summed E-state index contributed by atoms with van der Waals surface area (Å²) in [5.74, 6) is -2.12. The van der Waals surface area contributed by atoms with Gasteiger partial charge in [0.05, 0.1) is 12.1 Å². The molecule has 0 spiro atoms. The van der Waals surface area contributed by atoms with E-state index in [9.17, 15) is 14.4 Å². The molecule has 21 heavy (non-hydrogen) atoms. The molecule has 0 aliphatic carbocycles. The van der Waals surface area contributed by atoms with Gasteiger partial charge in [-0.2, -0.15) is 0 Å². The number of carbonyl (C=O) groups is 2. The maximum atomic E-state index is 11.9. The van der Waals surface area contributed by atoms with Gasteiger partial charge in [0.2, 0.25) is 0 Å². The average Bonchev–Trinajstić information content (AvgIpc) is 2.76. The van der Waals surface area contributed by atoms with Gasteiger partial charge in [-0.1, -0.05) is 30.4 Å². The van der Waals surface area contributed by atoms with Crippen molar-refractivity contribution >= 4 is 23.3 Å². The summed E-state index contributed by atoms with van der Waals surface area (Å²) in [7, 11) is 0. The van der Waals surface area contributed by atoms with E-state index in [4.69, 9.17) is 10.2 Å². The lowest BCUT2D eigenvalue weighted by Crippen LogP contribution is -2.17. The zero-order valence-corrected chi connectivity index (χ0v) is 12.0. The molecule has 0 amide bonds. The Morgan fingerprint density at radius 3 is 2.24 bits per heavy atom. The quantitative estimate of drug-likeness (QED) is 0.879. The van der Waals surface area contributed by atoms with Gasteiger partial charge in [0.25, 0.3) is 0 Å². The Hall–Kier alpha value is -2.41. The molecule has 2 rings (SSSR count). The number of carboxylic acids is 2. The third-order valence-corrected chi connectivity index (χ3v) is 4.08. The van der Waals surface area contributed by atoms with Gasteiger partial charge in [0.15, 0.2) is 0 Å². The number of aromatic carboxylic acids is 2. The van der Waals surface area contributed by atoms with Gasteiger partial charge in [0, 0.05) is 5.69 Å². The Morgan fingerprint density at radius 2 is 1.76 bits per heavy atom. The number of hydrogen-bond donors (Lipinski definition) is 2. The monoisotopic (exact) mass is 307 g/mol. The summed E-state index contributed by atoms with van der Waals surface area (Å²) in [6.45, 7) is 2.02. The summed E-state index contributed by atoms with van der Waals surface area (Å²) in [5.41, 5.74) is 1.39. The summed E-state index contributed by atoms with van der Waals surface area (Å²) in [5, 5.41) is 17.9. The first-order valence-electron chi connectivity index (χ1n) is 6.22. The van der Waals surface area contributed by atoms with Crippen LogP contribution in [0.5, 0.6) is 0 Å². The van der Waals surface area contributed by atoms with E-state index < -0.39 is 11.9 Å². The normalized spacial score (nSPS) is 10.5. The molecule has 110 valence electrons. The van der Waals surface area contributed by atoms with Crippen molar-refractivity contribution in [1.82, 2.24) is 4.57 Å². The van der Waals surface area contributed by atoms with E-state index in [1.165, 1.54) is 16.7 Å². The predicted octanol–water partition coefficient (Wildman–Crippen LogP) is 1.92. The van der Waals surface area contributed by atoms with Crippen LogP contribution in [0.2, 0.25) is 0 Å². The Bertz CT molecular complexity index is 742. The third-order valence-electron chi connectivity index (χ3n) is 3.07. The first-order valence-corrected chi connectivity index (χ1v) is 7.03. The van der Waals surface area contributed by atoms with Gasteiger partial charge in [-0.25, -0.2) is 9.59 Å². The predicted molar refractivity (Wildman–Crippen MR) is 77.4 cm³/mol. The molecule has 1 aromatic carbocycles. The topological polar surface area (TPSA) is 96.6 Å². The van der Waals surface area contributed by atoms with E-state index in [0.29, 0.717) is 23.5 Å².